The van der Waals surface area contributed by atoms with E-state index in [0.717, 1.165) is 0 Å². The van der Waals surface area contributed by atoms with Gasteiger partial charge in [-0.3, -0.25) is 0 Å². The van der Waals surface area contributed by atoms with Crippen molar-refractivity contribution in [1.82, 2.24) is 4.72 Å². The highest BCUT2D eigenvalue weighted by Crippen LogP contribution is 2.26. The van der Waals surface area contributed by atoms with Crippen LogP contribution in [-0.4, -0.2) is 14.4 Å². The summed E-state index contributed by atoms with van der Waals surface area (Å²) in [5, 5.41) is 2.36. The minimum Gasteiger partial charge on any atom is -0.399 e. The van der Waals surface area contributed by atoms with Crippen molar-refractivity contribution in [3.63, 3.8) is 0 Å². The van der Waals surface area contributed by atoms with Gasteiger partial charge in [-0.2, -0.15) is 0 Å². The summed E-state index contributed by atoms with van der Waals surface area (Å²) in [5.74, 6) is 0. The Morgan fingerprint density at radius 1 is 1.29 bits per heavy atom. The summed E-state index contributed by atoms with van der Waals surface area (Å²) in [7, 11) is -3.76. The maximum Gasteiger partial charge on any atom is 0.333 e. The number of fused-ring (bicyclic) bond motifs is 1. The van der Waals surface area contributed by atoms with E-state index in [4.69, 9.17) is 5.73 Å². The fourth-order valence-electron chi connectivity index (χ4n) is 1.19. The van der Waals surface area contributed by atoms with E-state index < -0.39 is 16.1 Å². The molecule has 0 saturated carbocycles. The quantitative estimate of drug-likeness (QED) is 0.531. The predicted octanol–water partition coefficient (Wildman–Crippen LogP) is 0.0926. The van der Waals surface area contributed by atoms with Crippen LogP contribution in [0.2, 0.25) is 0 Å². The van der Waals surface area contributed by atoms with Gasteiger partial charge in [0.1, 0.15) is 4.90 Å². The normalized spacial score (nSPS) is 17.9. The molecule has 0 spiro atoms. The lowest BCUT2D eigenvalue weighted by Gasteiger charge is -2.18. The van der Waals surface area contributed by atoms with Crippen LogP contribution in [0.3, 0.4) is 0 Å². The molecule has 0 aliphatic carbocycles. The van der Waals surface area contributed by atoms with Gasteiger partial charge in [0, 0.05) is 5.69 Å². The summed E-state index contributed by atoms with van der Waals surface area (Å²) < 4.78 is 24.6. The van der Waals surface area contributed by atoms with E-state index in [2.05, 4.69) is 5.32 Å². The number of rotatable bonds is 0. The number of carbonyl (C=O) groups excluding carboxylic acids is 1. The van der Waals surface area contributed by atoms with Crippen molar-refractivity contribution in [2.45, 2.75) is 4.90 Å². The van der Waals surface area contributed by atoms with Crippen LogP contribution in [0.5, 0.6) is 0 Å². The smallest absolute Gasteiger partial charge is 0.333 e. The number of amides is 2. The lowest BCUT2D eigenvalue weighted by molar-refractivity contribution is 0.256. The number of nitrogen functional groups attached to an aromatic ring is 1. The first-order chi connectivity index (χ1) is 6.49. The van der Waals surface area contributed by atoms with Gasteiger partial charge in [-0.15, -0.1) is 0 Å². The number of benzene rings is 1. The molecule has 6 nitrogen and oxygen atoms in total. The minimum atomic E-state index is -3.76. The van der Waals surface area contributed by atoms with Gasteiger partial charge in [0.15, 0.2) is 0 Å². The van der Waals surface area contributed by atoms with Gasteiger partial charge in [0.2, 0.25) is 0 Å². The highest BCUT2D eigenvalue weighted by atomic mass is 32.2. The highest BCUT2D eigenvalue weighted by molar-refractivity contribution is 7.90. The van der Waals surface area contributed by atoms with E-state index in [-0.39, 0.29) is 10.6 Å². The molecule has 2 rings (SSSR count). The number of hydrogen-bond donors (Lipinski definition) is 3. The molecule has 1 aromatic carbocycles. The van der Waals surface area contributed by atoms with Gasteiger partial charge >= 0.3 is 6.03 Å². The number of nitrogens with two attached hydrogens (primary N) is 1. The fourth-order valence-corrected chi connectivity index (χ4v) is 2.29. The molecule has 74 valence electrons. The van der Waals surface area contributed by atoms with Gasteiger partial charge in [-0.25, -0.2) is 17.9 Å². The molecule has 0 saturated heterocycles. The molecule has 2 amide bonds. The third-order valence-corrected chi connectivity index (χ3v) is 3.14. The zero-order valence-corrected chi connectivity index (χ0v) is 7.76. The molecule has 1 aliphatic heterocycles. The molecule has 1 aromatic rings. The van der Waals surface area contributed by atoms with Crippen LogP contribution in [0.1, 0.15) is 0 Å². The van der Waals surface area contributed by atoms with Crippen molar-refractivity contribution in [3.8, 4) is 0 Å². The SMILES string of the molecule is Nc1ccc2c(c1)S(=O)(=O)NC(=O)N2. The molecule has 7 heteroatoms. The molecule has 4 N–H and O–H groups in total. The molecule has 0 unspecified atom stereocenters. The summed E-state index contributed by atoms with van der Waals surface area (Å²) in [6.07, 6.45) is 0. The predicted molar refractivity (Wildman–Crippen MR) is 50.2 cm³/mol. The van der Waals surface area contributed by atoms with Crippen molar-refractivity contribution in [2.75, 3.05) is 11.1 Å². The van der Waals surface area contributed by atoms with Crippen molar-refractivity contribution >= 4 is 27.4 Å². The maximum atomic E-state index is 11.4. The number of anilines is 2. The number of sulfonamides is 1. The third kappa shape index (κ3) is 1.27. The molecule has 0 atom stereocenters. The Morgan fingerprint density at radius 2 is 2.00 bits per heavy atom. The number of urea groups is 1. The largest absolute Gasteiger partial charge is 0.399 e. The number of hydrogen-bond acceptors (Lipinski definition) is 4. The Balaban J connectivity index is 2.71. The summed E-state index contributed by atoms with van der Waals surface area (Å²) in [6.45, 7) is 0. The second kappa shape index (κ2) is 2.61. The standard InChI is InChI=1S/C7H7N3O3S/c8-4-1-2-5-6(3-4)14(12,13)10-7(11)9-5/h1-3H,8H2,(H2,9,10,11). The molecule has 14 heavy (non-hydrogen) atoms. The Bertz CT molecular complexity index is 509. The topological polar surface area (TPSA) is 101 Å². The average Bonchev–Trinajstić information content (AvgIpc) is 2.05. The molecule has 0 aromatic heterocycles. The van der Waals surface area contributed by atoms with Gasteiger partial charge in [0.25, 0.3) is 10.0 Å². The van der Waals surface area contributed by atoms with Crippen molar-refractivity contribution in [3.05, 3.63) is 18.2 Å². The molecule has 0 bridgehead atoms. The maximum absolute atomic E-state index is 11.4. The van der Waals surface area contributed by atoms with E-state index in [1.165, 1.54) is 18.2 Å². The fraction of sp³-hybridized carbons (Fsp3) is 0. The monoisotopic (exact) mass is 213 g/mol. The van der Waals surface area contributed by atoms with Crippen molar-refractivity contribution < 1.29 is 13.2 Å². The zero-order valence-electron chi connectivity index (χ0n) is 6.94. The number of carbonyl (C=O) groups is 1. The zero-order chi connectivity index (χ0) is 10.3. The van der Waals surface area contributed by atoms with E-state index in [1.54, 1.807) is 4.72 Å². The van der Waals surface area contributed by atoms with Crippen molar-refractivity contribution in [1.29, 1.82) is 0 Å². The van der Waals surface area contributed by atoms with Crippen LogP contribution in [0, 0.1) is 0 Å². The van der Waals surface area contributed by atoms with E-state index >= 15 is 0 Å². The first-order valence-electron chi connectivity index (χ1n) is 3.72. The average molecular weight is 213 g/mol. The third-order valence-electron chi connectivity index (χ3n) is 1.77. The Kier molecular flexibility index (Phi) is 1.65. The Hall–Kier alpha value is -1.76. The molecule has 0 fully saturated rings. The summed E-state index contributed by atoms with van der Waals surface area (Å²) in [6, 6.07) is 3.49. The summed E-state index contributed by atoms with van der Waals surface area (Å²) in [5.41, 5.74) is 6.00. The van der Waals surface area contributed by atoms with E-state index in [0.29, 0.717) is 5.69 Å². The summed E-state index contributed by atoms with van der Waals surface area (Å²) >= 11 is 0. The molecular weight excluding hydrogens is 206 g/mol. The highest BCUT2D eigenvalue weighted by Gasteiger charge is 2.27. The summed E-state index contributed by atoms with van der Waals surface area (Å²) in [4.78, 5) is 10.9. The van der Waals surface area contributed by atoms with Crippen LogP contribution >= 0.6 is 0 Å². The van der Waals surface area contributed by atoms with Gasteiger partial charge in [0.05, 0.1) is 5.69 Å². The lowest BCUT2D eigenvalue weighted by atomic mass is 10.3. The Labute approximate surface area is 80.2 Å². The molecule has 1 aliphatic rings. The Morgan fingerprint density at radius 3 is 2.71 bits per heavy atom. The minimum absolute atomic E-state index is 0.0166. The number of nitrogens with one attached hydrogen (secondary N) is 2. The second-order valence-corrected chi connectivity index (χ2v) is 4.47. The first kappa shape index (κ1) is 8.82. The molecule has 0 radical (unpaired) electrons. The lowest BCUT2D eigenvalue weighted by Crippen LogP contribution is -2.39. The van der Waals surface area contributed by atoms with Crippen molar-refractivity contribution in [2.24, 2.45) is 0 Å². The van der Waals surface area contributed by atoms with Gasteiger partial charge in [-0.05, 0) is 18.2 Å². The molecular formula is C7H7N3O3S. The van der Waals surface area contributed by atoms with Crippen LogP contribution in [-0.2, 0) is 10.0 Å². The molecule has 1 heterocycles. The van der Waals surface area contributed by atoms with Gasteiger partial charge in [-0.1, -0.05) is 0 Å². The van der Waals surface area contributed by atoms with Crippen LogP contribution in [0.4, 0.5) is 16.2 Å². The van der Waals surface area contributed by atoms with Crippen LogP contribution in [0.15, 0.2) is 23.1 Å². The van der Waals surface area contributed by atoms with Crippen LogP contribution in [0.25, 0.3) is 0 Å². The van der Waals surface area contributed by atoms with Crippen LogP contribution < -0.4 is 15.8 Å². The van der Waals surface area contributed by atoms with E-state index in [1.807, 2.05) is 0 Å². The van der Waals surface area contributed by atoms with Gasteiger partial charge < -0.3 is 11.1 Å². The van der Waals surface area contributed by atoms with E-state index in [9.17, 15) is 13.2 Å². The second-order valence-electron chi connectivity index (χ2n) is 2.82. The first-order valence-corrected chi connectivity index (χ1v) is 5.21.